The molecule has 0 aliphatic carbocycles. The molecule has 8 nitrogen and oxygen atoms in total. The first-order chi connectivity index (χ1) is 21.4. The Kier molecular flexibility index (Phi) is 12.7. The van der Waals surface area contributed by atoms with Crippen LogP contribution in [0.15, 0.2) is 84.9 Å². The fourth-order valence-electron chi connectivity index (χ4n) is 5.31. The maximum atomic E-state index is 13.7. The first-order valence-electron chi connectivity index (χ1n) is 15.8. The highest BCUT2D eigenvalue weighted by molar-refractivity contribution is 5.92. The van der Waals surface area contributed by atoms with Gasteiger partial charge in [-0.15, -0.1) is 0 Å². The second kappa shape index (κ2) is 17.1. The predicted molar refractivity (Wildman–Crippen MR) is 173 cm³/mol. The molecule has 0 spiro atoms. The Morgan fingerprint density at radius 1 is 0.705 bits per heavy atom. The van der Waals surface area contributed by atoms with Gasteiger partial charge in [0.2, 0.25) is 11.8 Å². The molecular weight excluding hydrogens is 552 g/mol. The number of hydrogen-bond donors (Lipinski definition) is 3. The van der Waals surface area contributed by atoms with Gasteiger partial charge < -0.3 is 25.6 Å². The lowest BCUT2D eigenvalue weighted by Crippen LogP contribution is -2.56. The van der Waals surface area contributed by atoms with Crippen molar-refractivity contribution in [1.29, 1.82) is 0 Å². The lowest BCUT2D eigenvalue weighted by Gasteiger charge is -2.27. The third-order valence-corrected chi connectivity index (χ3v) is 7.77. The molecule has 8 heteroatoms. The summed E-state index contributed by atoms with van der Waals surface area (Å²) in [5.41, 5.74) is 2.92. The van der Waals surface area contributed by atoms with Crippen molar-refractivity contribution in [3.8, 4) is 5.75 Å². The molecule has 3 aromatic carbocycles. The van der Waals surface area contributed by atoms with Crippen molar-refractivity contribution in [3.63, 3.8) is 0 Å². The van der Waals surface area contributed by atoms with Crippen molar-refractivity contribution in [2.75, 3.05) is 13.1 Å². The maximum Gasteiger partial charge on any atom is 0.318 e. The summed E-state index contributed by atoms with van der Waals surface area (Å²) in [7, 11) is 0. The van der Waals surface area contributed by atoms with Crippen LogP contribution in [-0.2, 0) is 29.2 Å². The molecule has 4 amide bonds. The first-order valence-corrected chi connectivity index (χ1v) is 15.8. The van der Waals surface area contributed by atoms with Crippen LogP contribution in [0.25, 0.3) is 0 Å². The molecule has 0 radical (unpaired) electrons. The quantitative estimate of drug-likeness (QED) is 0.238. The van der Waals surface area contributed by atoms with E-state index >= 15 is 0 Å². The van der Waals surface area contributed by atoms with Crippen LogP contribution >= 0.6 is 0 Å². The van der Waals surface area contributed by atoms with Crippen LogP contribution in [0, 0.1) is 5.92 Å². The molecule has 1 aliphatic rings. The third kappa shape index (κ3) is 10.7. The third-order valence-electron chi connectivity index (χ3n) is 7.77. The molecule has 0 bridgehead atoms. The Morgan fingerprint density at radius 2 is 1.32 bits per heavy atom. The van der Waals surface area contributed by atoms with E-state index in [0.29, 0.717) is 39.1 Å². The molecule has 0 saturated carbocycles. The lowest BCUT2D eigenvalue weighted by atomic mass is 10.0. The van der Waals surface area contributed by atoms with Crippen LogP contribution in [-0.4, -0.2) is 47.9 Å². The van der Waals surface area contributed by atoms with E-state index in [4.69, 9.17) is 4.74 Å². The highest BCUT2D eigenvalue weighted by Crippen LogP contribution is 2.17. The topological polar surface area (TPSA) is 99.8 Å². The predicted octanol–water partition coefficient (Wildman–Crippen LogP) is 5.61. The zero-order chi connectivity index (χ0) is 31.1. The van der Waals surface area contributed by atoms with Gasteiger partial charge in [-0.25, -0.2) is 4.79 Å². The van der Waals surface area contributed by atoms with Crippen molar-refractivity contribution < 1.29 is 19.1 Å². The van der Waals surface area contributed by atoms with Crippen LogP contribution in [0.3, 0.4) is 0 Å². The Morgan fingerprint density at radius 3 is 1.93 bits per heavy atom. The lowest BCUT2D eigenvalue weighted by molar-refractivity contribution is -0.130. The second-order valence-electron chi connectivity index (χ2n) is 11.9. The first kappa shape index (κ1) is 32.6. The summed E-state index contributed by atoms with van der Waals surface area (Å²) in [5, 5.41) is 8.93. The molecule has 0 unspecified atom stereocenters. The van der Waals surface area contributed by atoms with E-state index in [1.54, 1.807) is 4.90 Å². The van der Waals surface area contributed by atoms with Crippen LogP contribution < -0.4 is 20.7 Å². The molecule has 4 rings (SSSR count). The molecule has 1 heterocycles. The molecule has 1 saturated heterocycles. The van der Waals surface area contributed by atoms with Gasteiger partial charge in [0.05, 0.1) is 0 Å². The zero-order valence-corrected chi connectivity index (χ0v) is 26.0. The number of urea groups is 1. The van der Waals surface area contributed by atoms with Gasteiger partial charge in [-0.2, -0.15) is 0 Å². The molecule has 1 fully saturated rings. The maximum absolute atomic E-state index is 13.7. The number of carbonyl (C=O) groups is 3. The average Bonchev–Trinajstić information content (AvgIpc) is 3.33. The molecule has 2 atom stereocenters. The molecule has 44 heavy (non-hydrogen) atoms. The minimum absolute atomic E-state index is 0.170. The van der Waals surface area contributed by atoms with Gasteiger partial charge in [0.1, 0.15) is 24.4 Å². The highest BCUT2D eigenvalue weighted by Gasteiger charge is 2.29. The molecular formula is C36H46N4O4. The van der Waals surface area contributed by atoms with E-state index < -0.39 is 12.1 Å². The molecule has 3 aromatic rings. The SMILES string of the molecule is CC(C)C[C@H](NC(=O)N1CCCCCC1)C(=O)N[C@@H](Cc1ccc(OCc2ccccc2)cc1)C(=O)NCc1ccccc1. The van der Waals surface area contributed by atoms with Crippen LogP contribution in [0.4, 0.5) is 4.79 Å². The minimum Gasteiger partial charge on any atom is -0.489 e. The minimum atomic E-state index is -0.827. The van der Waals surface area contributed by atoms with Crippen LogP contribution in [0.1, 0.15) is 62.6 Å². The van der Waals surface area contributed by atoms with Gasteiger partial charge in [-0.05, 0) is 54.0 Å². The van der Waals surface area contributed by atoms with Crippen molar-refractivity contribution in [2.24, 2.45) is 5.92 Å². The van der Waals surface area contributed by atoms with Crippen molar-refractivity contribution >= 4 is 17.8 Å². The van der Waals surface area contributed by atoms with E-state index in [1.165, 1.54) is 0 Å². The van der Waals surface area contributed by atoms with Crippen LogP contribution in [0.5, 0.6) is 5.75 Å². The van der Waals surface area contributed by atoms with Gasteiger partial charge in [0, 0.05) is 26.1 Å². The van der Waals surface area contributed by atoms with Gasteiger partial charge >= 0.3 is 6.03 Å². The fraction of sp³-hybridized carbons (Fsp3) is 0.417. The Bertz CT molecular complexity index is 1310. The Balaban J connectivity index is 1.44. The number of nitrogens with one attached hydrogen (secondary N) is 3. The number of likely N-dealkylation sites (tertiary alicyclic amines) is 1. The Hall–Kier alpha value is -4.33. The van der Waals surface area contributed by atoms with Gasteiger partial charge in [-0.3, -0.25) is 9.59 Å². The van der Waals surface area contributed by atoms with Crippen LogP contribution in [0.2, 0.25) is 0 Å². The summed E-state index contributed by atoms with van der Waals surface area (Å²) in [6, 6.07) is 25.4. The summed E-state index contributed by atoms with van der Waals surface area (Å²) in [4.78, 5) is 42.1. The van der Waals surface area contributed by atoms with E-state index in [-0.39, 0.29) is 23.8 Å². The number of benzene rings is 3. The average molecular weight is 599 g/mol. The monoisotopic (exact) mass is 598 g/mol. The van der Waals surface area contributed by atoms with E-state index in [2.05, 4.69) is 16.0 Å². The summed E-state index contributed by atoms with van der Waals surface area (Å²) in [5.74, 6) is 0.252. The van der Waals surface area contributed by atoms with Gasteiger partial charge in [0.25, 0.3) is 0 Å². The zero-order valence-electron chi connectivity index (χ0n) is 26.0. The number of hydrogen-bond acceptors (Lipinski definition) is 4. The number of carbonyl (C=O) groups excluding carboxylic acids is 3. The second-order valence-corrected chi connectivity index (χ2v) is 11.9. The fourth-order valence-corrected chi connectivity index (χ4v) is 5.31. The van der Waals surface area contributed by atoms with Crippen molar-refractivity contribution in [2.45, 2.75) is 77.6 Å². The largest absolute Gasteiger partial charge is 0.489 e. The highest BCUT2D eigenvalue weighted by atomic mass is 16.5. The van der Waals surface area contributed by atoms with E-state index in [1.807, 2.05) is 98.8 Å². The summed E-state index contributed by atoms with van der Waals surface area (Å²) in [6.07, 6.45) is 4.92. The van der Waals surface area contributed by atoms with Gasteiger partial charge in [-0.1, -0.05) is 99.5 Å². The van der Waals surface area contributed by atoms with E-state index in [9.17, 15) is 14.4 Å². The number of amides is 4. The Labute approximate surface area is 261 Å². The summed E-state index contributed by atoms with van der Waals surface area (Å²) in [6.45, 7) is 6.23. The summed E-state index contributed by atoms with van der Waals surface area (Å²) < 4.78 is 5.92. The van der Waals surface area contributed by atoms with Crippen molar-refractivity contribution in [3.05, 3.63) is 102 Å². The molecule has 234 valence electrons. The standard InChI is InChI=1S/C36H46N4O4/c1-27(2)23-32(39-36(43)40-21-11-3-4-12-22-40)35(42)38-33(34(41)37-25-29-13-7-5-8-14-29)24-28-17-19-31(20-18-28)44-26-30-15-9-6-10-16-30/h5-10,13-20,27,32-33H,3-4,11-12,21-26H2,1-2H3,(H,37,41)(H,38,42)(H,39,43)/t32-,33-/m0/s1. The number of nitrogens with zero attached hydrogens (tertiary/aromatic N) is 1. The van der Waals surface area contributed by atoms with Gasteiger partial charge in [0.15, 0.2) is 0 Å². The smallest absolute Gasteiger partial charge is 0.318 e. The number of rotatable bonds is 13. The molecule has 3 N–H and O–H groups in total. The number of ether oxygens (including phenoxy) is 1. The van der Waals surface area contributed by atoms with Crippen molar-refractivity contribution in [1.82, 2.24) is 20.9 Å². The molecule has 0 aromatic heterocycles. The molecule has 1 aliphatic heterocycles. The van der Waals surface area contributed by atoms with E-state index in [0.717, 1.165) is 48.1 Å². The summed E-state index contributed by atoms with van der Waals surface area (Å²) >= 11 is 0. The normalized spacial score (nSPS) is 14.7.